The molecule has 1 aliphatic rings. The highest BCUT2D eigenvalue weighted by atomic mass is 16.2. The zero-order valence-corrected chi connectivity index (χ0v) is 15.4. The van der Waals surface area contributed by atoms with E-state index in [0.717, 1.165) is 37.1 Å². The first-order chi connectivity index (χ1) is 12.5. The van der Waals surface area contributed by atoms with Crippen LogP contribution in [0.2, 0.25) is 0 Å². The zero-order chi connectivity index (χ0) is 18.5. The Balaban J connectivity index is 1.67. The van der Waals surface area contributed by atoms with Crippen molar-refractivity contribution in [2.75, 3.05) is 13.1 Å². The number of carbonyl (C=O) groups excluding carboxylic acids is 2. The molecule has 2 amide bonds. The van der Waals surface area contributed by atoms with E-state index < -0.39 is 0 Å². The molecule has 0 aliphatic carbocycles. The molecule has 136 valence electrons. The van der Waals surface area contributed by atoms with Crippen LogP contribution in [0.4, 0.5) is 0 Å². The van der Waals surface area contributed by atoms with Crippen LogP contribution in [0.1, 0.15) is 51.9 Å². The minimum atomic E-state index is -0.269. The van der Waals surface area contributed by atoms with E-state index in [2.05, 4.69) is 17.2 Å². The van der Waals surface area contributed by atoms with Gasteiger partial charge in [0.2, 0.25) is 0 Å². The van der Waals surface area contributed by atoms with E-state index in [1.165, 1.54) is 0 Å². The molecule has 1 atom stereocenters. The second kappa shape index (κ2) is 8.13. The number of hydrogen-bond acceptors (Lipinski definition) is 3. The lowest BCUT2D eigenvalue weighted by molar-refractivity contribution is 0.0677. The topological polar surface area (TPSA) is 62.3 Å². The summed E-state index contributed by atoms with van der Waals surface area (Å²) in [5, 5.41) is 2.88. The van der Waals surface area contributed by atoms with E-state index in [1.54, 1.807) is 18.2 Å². The van der Waals surface area contributed by atoms with Crippen LogP contribution in [-0.2, 0) is 6.54 Å². The maximum absolute atomic E-state index is 12.7. The van der Waals surface area contributed by atoms with E-state index in [1.807, 2.05) is 36.1 Å². The molecule has 0 bridgehead atoms. The molecule has 2 aromatic rings. The van der Waals surface area contributed by atoms with Gasteiger partial charge in [-0.1, -0.05) is 37.3 Å². The van der Waals surface area contributed by atoms with Gasteiger partial charge in [-0.3, -0.25) is 9.59 Å². The lowest BCUT2D eigenvalue weighted by Gasteiger charge is -2.30. The fraction of sp³-hybridized carbons (Fsp3) is 0.381. The van der Waals surface area contributed by atoms with Gasteiger partial charge in [0.25, 0.3) is 11.8 Å². The molecule has 1 saturated heterocycles. The Labute approximate surface area is 154 Å². The monoisotopic (exact) mass is 351 g/mol. The predicted molar refractivity (Wildman–Crippen MR) is 101 cm³/mol. The number of carbonyl (C=O) groups is 2. The minimum Gasteiger partial charge on any atom is -0.347 e. The van der Waals surface area contributed by atoms with Crippen molar-refractivity contribution in [2.45, 2.75) is 33.2 Å². The summed E-state index contributed by atoms with van der Waals surface area (Å²) >= 11 is 0. The van der Waals surface area contributed by atoms with Crippen molar-refractivity contribution in [3.05, 3.63) is 65.0 Å². The predicted octanol–water partition coefficient (Wildman–Crippen LogP) is 3.19. The number of amides is 2. The summed E-state index contributed by atoms with van der Waals surface area (Å²) in [5.74, 6) is 0.147. The van der Waals surface area contributed by atoms with Gasteiger partial charge in [-0.2, -0.15) is 0 Å². The molecular formula is C21H25N3O2. The summed E-state index contributed by atoms with van der Waals surface area (Å²) in [4.78, 5) is 31.3. The van der Waals surface area contributed by atoms with Gasteiger partial charge >= 0.3 is 0 Å². The van der Waals surface area contributed by atoms with E-state index in [9.17, 15) is 9.59 Å². The maximum atomic E-state index is 12.7. The van der Waals surface area contributed by atoms with Crippen LogP contribution in [0.3, 0.4) is 0 Å². The third kappa shape index (κ3) is 4.28. The van der Waals surface area contributed by atoms with Gasteiger partial charge in [-0.25, -0.2) is 4.98 Å². The number of nitrogens with one attached hydrogen (secondary N) is 1. The van der Waals surface area contributed by atoms with Crippen molar-refractivity contribution in [2.24, 2.45) is 5.92 Å². The Hall–Kier alpha value is -2.69. The van der Waals surface area contributed by atoms with Crippen LogP contribution in [0, 0.1) is 12.8 Å². The smallest absolute Gasteiger partial charge is 0.272 e. The van der Waals surface area contributed by atoms with Gasteiger partial charge in [0.1, 0.15) is 11.4 Å². The third-order valence-corrected chi connectivity index (χ3v) is 4.85. The molecule has 0 radical (unpaired) electrons. The van der Waals surface area contributed by atoms with Gasteiger partial charge in [-0.05, 0) is 48.9 Å². The first-order valence-corrected chi connectivity index (χ1v) is 9.13. The molecule has 1 N–H and O–H groups in total. The number of rotatable bonds is 4. The van der Waals surface area contributed by atoms with E-state index >= 15 is 0 Å². The lowest BCUT2D eigenvalue weighted by Crippen LogP contribution is -2.39. The molecule has 1 fully saturated rings. The highest BCUT2D eigenvalue weighted by Crippen LogP contribution is 2.17. The van der Waals surface area contributed by atoms with Crippen LogP contribution in [0.15, 0.2) is 42.5 Å². The molecule has 3 rings (SSSR count). The van der Waals surface area contributed by atoms with Crippen LogP contribution < -0.4 is 5.32 Å². The van der Waals surface area contributed by atoms with Crippen molar-refractivity contribution >= 4 is 11.8 Å². The standard InChI is InChI=1S/C21H25N3O2/c1-15-7-6-12-24(14-15)21(26)19-11-5-10-18(23-19)20(25)22-13-17-9-4-3-8-16(17)2/h3-5,8-11,15H,6-7,12-14H2,1-2H3,(H,22,25). The molecule has 1 unspecified atom stereocenters. The first-order valence-electron chi connectivity index (χ1n) is 9.13. The summed E-state index contributed by atoms with van der Waals surface area (Å²) in [6.07, 6.45) is 2.17. The number of likely N-dealkylation sites (tertiary alicyclic amines) is 1. The summed E-state index contributed by atoms with van der Waals surface area (Å²) in [6, 6.07) is 13.0. The molecule has 26 heavy (non-hydrogen) atoms. The van der Waals surface area contributed by atoms with Gasteiger partial charge in [0.05, 0.1) is 0 Å². The molecule has 1 aliphatic heterocycles. The first kappa shape index (κ1) is 18.1. The zero-order valence-electron chi connectivity index (χ0n) is 15.4. The number of aryl methyl sites for hydroxylation is 1. The maximum Gasteiger partial charge on any atom is 0.272 e. The number of nitrogens with zero attached hydrogens (tertiary/aromatic N) is 2. The van der Waals surface area contributed by atoms with Crippen molar-refractivity contribution in [3.63, 3.8) is 0 Å². The average Bonchev–Trinajstić information content (AvgIpc) is 2.66. The second-order valence-electron chi connectivity index (χ2n) is 7.02. The van der Waals surface area contributed by atoms with Crippen LogP contribution >= 0.6 is 0 Å². The minimum absolute atomic E-state index is 0.0925. The van der Waals surface area contributed by atoms with Crippen LogP contribution in [0.5, 0.6) is 0 Å². The summed E-state index contributed by atoms with van der Waals surface area (Å²) in [7, 11) is 0. The van der Waals surface area contributed by atoms with Crippen LogP contribution in [0.25, 0.3) is 0 Å². The SMILES string of the molecule is Cc1ccccc1CNC(=O)c1cccc(C(=O)N2CCCC(C)C2)n1. The number of piperidine rings is 1. The lowest BCUT2D eigenvalue weighted by atomic mass is 10.00. The Morgan fingerprint density at radius 2 is 1.92 bits per heavy atom. The van der Waals surface area contributed by atoms with Gasteiger partial charge < -0.3 is 10.2 Å². The Bertz CT molecular complexity index is 803. The quantitative estimate of drug-likeness (QED) is 0.920. The number of hydrogen-bond donors (Lipinski definition) is 1. The Morgan fingerprint density at radius 3 is 2.69 bits per heavy atom. The Kier molecular flexibility index (Phi) is 5.66. The molecule has 2 heterocycles. The van der Waals surface area contributed by atoms with Crippen molar-refractivity contribution in [1.82, 2.24) is 15.2 Å². The Morgan fingerprint density at radius 1 is 1.15 bits per heavy atom. The number of aromatic nitrogens is 1. The van der Waals surface area contributed by atoms with E-state index in [4.69, 9.17) is 0 Å². The molecule has 5 nitrogen and oxygen atoms in total. The highest BCUT2D eigenvalue weighted by molar-refractivity contribution is 5.96. The van der Waals surface area contributed by atoms with Crippen molar-refractivity contribution < 1.29 is 9.59 Å². The fourth-order valence-electron chi connectivity index (χ4n) is 3.29. The number of pyridine rings is 1. The van der Waals surface area contributed by atoms with E-state index in [0.29, 0.717) is 18.2 Å². The van der Waals surface area contributed by atoms with Crippen LogP contribution in [-0.4, -0.2) is 34.8 Å². The number of benzene rings is 1. The fourth-order valence-corrected chi connectivity index (χ4v) is 3.29. The third-order valence-electron chi connectivity index (χ3n) is 4.85. The highest BCUT2D eigenvalue weighted by Gasteiger charge is 2.23. The largest absolute Gasteiger partial charge is 0.347 e. The summed E-state index contributed by atoms with van der Waals surface area (Å²) in [5.41, 5.74) is 2.80. The molecule has 1 aromatic heterocycles. The van der Waals surface area contributed by atoms with Gasteiger partial charge in [-0.15, -0.1) is 0 Å². The summed E-state index contributed by atoms with van der Waals surface area (Å²) < 4.78 is 0. The van der Waals surface area contributed by atoms with Gasteiger partial charge in [0.15, 0.2) is 0 Å². The average molecular weight is 351 g/mol. The van der Waals surface area contributed by atoms with Crippen molar-refractivity contribution in [3.8, 4) is 0 Å². The molecule has 0 spiro atoms. The molecule has 0 saturated carbocycles. The van der Waals surface area contributed by atoms with Gasteiger partial charge in [0, 0.05) is 19.6 Å². The second-order valence-corrected chi connectivity index (χ2v) is 7.02. The normalized spacial score (nSPS) is 17.0. The van der Waals surface area contributed by atoms with Crippen molar-refractivity contribution in [1.29, 1.82) is 0 Å². The molecular weight excluding hydrogens is 326 g/mol. The summed E-state index contributed by atoms with van der Waals surface area (Å²) in [6.45, 7) is 6.12. The molecule has 5 heteroatoms. The molecule has 1 aromatic carbocycles. The van der Waals surface area contributed by atoms with E-state index in [-0.39, 0.29) is 17.5 Å².